The highest BCUT2D eigenvalue weighted by molar-refractivity contribution is 7.21. The molecule has 0 aliphatic carbocycles. The van der Waals surface area contributed by atoms with E-state index < -0.39 is 0 Å². The van der Waals surface area contributed by atoms with Gasteiger partial charge in [0.2, 0.25) is 0 Å². The van der Waals surface area contributed by atoms with Crippen molar-refractivity contribution in [3.05, 3.63) is 47.5 Å². The minimum Gasteiger partial charge on any atom is -0.399 e. The number of aromatic nitrogens is 1. The van der Waals surface area contributed by atoms with Crippen molar-refractivity contribution in [1.29, 1.82) is 0 Å². The number of hydrogen-bond donors (Lipinski definition) is 1. The lowest BCUT2D eigenvalue weighted by molar-refractivity contribution is 1.33. The standard InChI is InChI=1S/C15H14N2S/c1-9-4-3-5-12(10(9)2)15-17-13-7-6-11(16)8-14(13)18-15/h3-8H,16H2,1-2H3. The van der Waals surface area contributed by atoms with Gasteiger partial charge in [-0.3, -0.25) is 0 Å². The summed E-state index contributed by atoms with van der Waals surface area (Å²) in [5.41, 5.74) is 11.4. The molecule has 0 spiro atoms. The molecule has 0 bridgehead atoms. The Bertz CT molecular complexity index is 728. The van der Waals surface area contributed by atoms with Gasteiger partial charge in [-0.25, -0.2) is 4.98 Å². The van der Waals surface area contributed by atoms with Crippen molar-refractivity contribution in [2.75, 3.05) is 5.73 Å². The van der Waals surface area contributed by atoms with Gasteiger partial charge in [-0.2, -0.15) is 0 Å². The Morgan fingerprint density at radius 1 is 1.11 bits per heavy atom. The largest absolute Gasteiger partial charge is 0.399 e. The summed E-state index contributed by atoms with van der Waals surface area (Å²) in [7, 11) is 0. The zero-order valence-electron chi connectivity index (χ0n) is 10.4. The van der Waals surface area contributed by atoms with Crippen LogP contribution in [0, 0.1) is 13.8 Å². The van der Waals surface area contributed by atoms with Crippen LogP contribution in [0.1, 0.15) is 11.1 Å². The number of nitrogen functional groups attached to an aromatic ring is 1. The maximum Gasteiger partial charge on any atom is 0.124 e. The molecule has 90 valence electrons. The molecule has 1 aromatic heterocycles. The van der Waals surface area contributed by atoms with E-state index in [-0.39, 0.29) is 0 Å². The van der Waals surface area contributed by atoms with Crippen molar-refractivity contribution in [3.8, 4) is 10.6 Å². The normalized spacial score (nSPS) is 11.0. The number of fused-ring (bicyclic) bond motifs is 1. The Balaban J connectivity index is 2.22. The van der Waals surface area contributed by atoms with E-state index in [2.05, 4.69) is 37.0 Å². The predicted octanol–water partition coefficient (Wildman–Crippen LogP) is 4.16. The van der Waals surface area contributed by atoms with Gasteiger partial charge in [0.25, 0.3) is 0 Å². The molecule has 3 aromatic rings. The molecule has 18 heavy (non-hydrogen) atoms. The van der Waals surface area contributed by atoms with Crippen molar-refractivity contribution in [1.82, 2.24) is 4.98 Å². The van der Waals surface area contributed by atoms with E-state index in [1.165, 1.54) is 16.7 Å². The van der Waals surface area contributed by atoms with Crippen LogP contribution in [0.5, 0.6) is 0 Å². The lowest BCUT2D eigenvalue weighted by Gasteiger charge is -2.04. The summed E-state index contributed by atoms with van der Waals surface area (Å²) in [6.07, 6.45) is 0. The maximum atomic E-state index is 5.80. The molecule has 1 heterocycles. The topological polar surface area (TPSA) is 38.9 Å². The number of benzene rings is 2. The average Bonchev–Trinajstić information content (AvgIpc) is 2.75. The summed E-state index contributed by atoms with van der Waals surface area (Å²) in [4.78, 5) is 4.69. The van der Waals surface area contributed by atoms with Gasteiger partial charge in [-0.1, -0.05) is 18.2 Å². The molecule has 0 unspecified atom stereocenters. The van der Waals surface area contributed by atoms with Crippen molar-refractivity contribution in [3.63, 3.8) is 0 Å². The molecule has 3 heteroatoms. The Morgan fingerprint density at radius 3 is 2.78 bits per heavy atom. The average molecular weight is 254 g/mol. The Kier molecular flexibility index (Phi) is 2.56. The van der Waals surface area contributed by atoms with E-state index in [9.17, 15) is 0 Å². The van der Waals surface area contributed by atoms with Crippen LogP contribution in [0.15, 0.2) is 36.4 Å². The number of anilines is 1. The second-order valence-electron chi connectivity index (χ2n) is 4.49. The van der Waals surface area contributed by atoms with Crippen LogP contribution in [0.4, 0.5) is 5.69 Å². The third-order valence-electron chi connectivity index (χ3n) is 3.25. The summed E-state index contributed by atoms with van der Waals surface area (Å²) in [5, 5.41) is 1.07. The van der Waals surface area contributed by atoms with Crippen molar-refractivity contribution in [2.45, 2.75) is 13.8 Å². The molecule has 0 aliphatic heterocycles. The van der Waals surface area contributed by atoms with Gasteiger partial charge in [0.1, 0.15) is 5.01 Å². The minimum absolute atomic E-state index is 0.790. The van der Waals surface area contributed by atoms with E-state index in [1.807, 2.05) is 18.2 Å². The van der Waals surface area contributed by atoms with Gasteiger partial charge in [0.15, 0.2) is 0 Å². The van der Waals surface area contributed by atoms with Crippen LogP contribution >= 0.6 is 11.3 Å². The second kappa shape index (κ2) is 4.10. The van der Waals surface area contributed by atoms with Gasteiger partial charge in [0, 0.05) is 11.3 Å². The number of nitrogens with zero attached hydrogens (tertiary/aromatic N) is 1. The summed E-state index contributed by atoms with van der Waals surface area (Å²) in [5.74, 6) is 0. The molecule has 0 fully saturated rings. The van der Waals surface area contributed by atoms with Gasteiger partial charge < -0.3 is 5.73 Å². The first-order valence-electron chi connectivity index (χ1n) is 5.88. The highest BCUT2D eigenvalue weighted by Crippen LogP contribution is 2.33. The first-order chi connectivity index (χ1) is 8.65. The number of hydrogen-bond acceptors (Lipinski definition) is 3. The molecule has 2 aromatic carbocycles. The lowest BCUT2D eigenvalue weighted by Crippen LogP contribution is -1.85. The molecule has 0 radical (unpaired) electrons. The molecule has 2 nitrogen and oxygen atoms in total. The fourth-order valence-electron chi connectivity index (χ4n) is 2.04. The van der Waals surface area contributed by atoms with Crippen molar-refractivity contribution < 1.29 is 0 Å². The molecule has 3 rings (SSSR count). The van der Waals surface area contributed by atoms with E-state index >= 15 is 0 Å². The number of thiazole rings is 1. The molecular formula is C15H14N2S. The summed E-state index contributed by atoms with van der Waals surface area (Å²) in [6, 6.07) is 12.2. The van der Waals surface area contributed by atoms with Gasteiger partial charge in [-0.15, -0.1) is 11.3 Å². The van der Waals surface area contributed by atoms with Gasteiger partial charge >= 0.3 is 0 Å². The van der Waals surface area contributed by atoms with Crippen LogP contribution in [0.3, 0.4) is 0 Å². The second-order valence-corrected chi connectivity index (χ2v) is 5.52. The monoisotopic (exact) mass is 254 g/mol. The molecular weight excluding hydrogens is 240 g/mol. The van der Waals surface area contributed by atoms with E-state index in [0.717, 1.165) is 20.9 Å². The van der Waals surface area contributed by atoms with Crippen molar-refractivity contribution in [2.24, 2.45) is 0 Å². The van der Waals surface area contributed by atoms with Crippen molar-refractivity contribution >= 4 is 27.2 Å². The smallest absolute Gasteiger partial charge is 0.124 e. The van der Waals surface area contributed by atoms with Crippen LogP contribution in [-0.2, 0) is 0 Å². The van der Waals surface area contributed by atoms with Crippen LogP contribution in [-0.4, -0.2) is 4.98 Å². The zero-order chi connectivity index (χ0) is 12.7. The SMILES string of the molecule is Cc1cccc(-c2nc3ccc(N)cc3s2)c1C. The molecule has 2 N–H and O–H groups in total. The fourth-order valence-corrected chi connectivity index (χ4v) is 3.14. The van der Waals surface area contributed by atoms with Crippen LogP contribution < -0.4 is 5.73 Å². The summed E-state index contributed by atoms with van der Waals surface area (Å²) < 4.78 is 1.14. The minimum atomic E-state index is 0.790. The quantitative estimate of drug-likeness (QED) is 0.662. The van der Waals surface area contributed by atoms with Crippen LogP contribution in [0.25, 0.3) is 20.8 Å². The summed E-state index contributed by atoms with van der Waals surface area (Å²) >= 11 is 1.70. The first kappa shape index (κ1) is 11.2. The Labute approximate surface area is 110 Å². The molecule has 0 amide bonds. The predicted molar refractivity (Wildman–Crippen MR) is 78.9 cm³/mol. The third-order valence-corrected chi connectivity index (χ3v) is 4.30. The molecule has 0 saturated carbocycles. The van der Waals surface area contributed by atoms with Crippen LogP contribution in [0.2, 0.25) is 0 Å². The van der Waals surface area contributed by atoms with E-state index in [0.29, 0.717) is 0 Å². The fraction of sp³-hybridized carbons (Fsp3) is 0.133. The lowest BCUT2D eigenvalue weighted by atomic mass is 10.0. The number of nitrogens with two attached hydrogens (primary N) is 1. The molecule has 0 atom stereocenters. The third kappa shape index (κ3) is 1.77. The molecule has 0 aliphatic rings. The highest BCUT2D eigenvalue weighted by atomic mass is 32.1. The Morgan fingerprint density at radius 2 is 1.94 bits per heavy atom. The highest BCUT2D eigenvalue weighted by Gasteiger charge is 2.09. The molecule has 0 saturated heterocycles. The van der Waals surface area contributed by atoms with Gasteiger partial charge in [0.05, 0.1) is 10.2 Å². The summed E-state index contributed by atoms with van der Waals surface area (Å²) in [6.45, 7) is 4.27. The number of aryl methyl sites for hydroxylation is 1. The van der Waals surface area contributed by atoms with E-state index in [4.69, 9.17) is 5.73 Å². The maximum absolute atomic E-state index is 5.80. The van der Waals surface area contributed by atoms with Gasteiger partial charge in [-0.05, 0) is 43.2 Å². The first-order valence-corrected chi connectivity index (χ1v) is 6.69. The van der Waals surface area contributed by atoms with E-state index in [1.54, 1.807) is 11.3 Å². The zero-order valence-corrected chi connectivity index (χ0v) is 11.2. The Hall–Kier alpha value is -1.87. The number of rotatable bonds is 1.